The van der Waals surface area contributed by atoms with E-state index in [-0.39, 0.29) is 25.0 Å². The first-order valence-corrected chi connectivity index (χ1v) is 14.2. The minimum atomic E-state index is -1.23. The summed E-state index contributed by atoms with van der Waals surface area (Å²) in [5.74, 6) is -2.96. The number of aliphatic hydroxyl groups is 1. The highest BCUT2D eigenvalue weighted by atomic mass is 16.6. The van der Waals surface area contributed by atoms with Crippen LogP contribution in [0.15, 0.2) is 86.0 Å². The Morgan fingerprint density at radius 2 is 1.80 bits per heavy atom. The van der Waals surface area contributed by atoms with Gasteiger partial charge in [-0.05, 0) is 37.3 Å². The van der Waals surface area contributed by atoms with E-state index < -0.39 is 47.7 Å². The molecule has 0 aliphatic carbocycles. The number of ether oxygens (including phenoxy) is 2. The number of carbonyl (C=O) groups is 3. The van der Waals surface area contributed by atoms with Gasteiger partial charge in [0.05, 0.1) is 30.8 Å². The number of esters is 1. The van der Waals surface area contributed by atoms with Gasteiger partial charge in [-0.3, -0.25) is 14.4 Å². The highest BCUT2D eigenvalue weighted by Gasteiger charge is 2.79. The van der Waals surface area contributed by atoms with E-state index in [1.54, 1.807) is 17.1 Å². The number of fused-ring (bicyclic) bond motifs is 1. The molecule has 3 saturated heterocycles. The van der Waals surface area contributed by atoms with Crippen LogP contribution in [-0.4, -0.2) is 69.7 Å². The number of hydrogen-bond donors (Lipinski definition) is 1. The Balaban J connectivity index is 1.60. The van der Waals surface area contributed by atoms with Crippen LogP contribution in [0.1, 0.15) is 43.4 Å². The highest BCUT2D eigenvalue weighted by molar-refractivity contribution is 5.98. The number of aliphatic hydroxyl groups excluding tert-OH is 1. The van der Waals surface area contributed by atoms with Crippen molar-refractivity contribution < 1.29 is 29.0 Å². The van der Waals surface area contributed by atoms with E-state index in [9.17, 15) is 19.5 Å². The summed E-state index contributed by atoms with van der Waals surface area (Å²) >= 11 is 0. The molecule has 5 rings (SSSR count). The maximum absolute atomic E-state index is 14.7. The van der Waals surface area contributed by atoms with Gasteiger partial charge < -0.3 is 24.4 Å². The summed E-state index contributed by atoms with van der Waals surface area (Å²) in [7, 11) is 0. The quantitative estimate of drug-likeness (QED) is 0.242. The van der Waals surface area contributed by atoms with E-state index in [0.717, 1.165) is 5.56 Å². The summed E-state index contributed by atoms with van der Waals surface area (Å²) in [5, 5.41) is 10.7. The second-order valence-electron chi connectivity index (χ2n) is 11.3. The minimum absolute atomic E-state index is 0.155. The number of benzene rings is 2. The first-order valence-electron chi connectivity index (χ1n) is 14.2. The lowest BCUT2D eigenvalue weighted by molar-refractivity contribution is -0.162. The lowest BCUT2D eigenvalue weighted by atomic mass is 9.66. The third-order valence-electron chi connectivity index (χ3n) is 8.84. The van der Waals surface area contributed by atoms with Gasteiger partial charge in [0.25, 0.3) is 0 Å². The predicted molar refractivity (Wildman–Crippen MR) is 153 cm³/mol. The van der Waals surface area contributed by atoms with E-state index in [1.807, 2.05) is 67.6 Å². The molecule has 0 radical (unpaired) electrons. The predicted octanol–water partition coefficient (Wildman–Crippen LogP) is 3.82. The Labute approximate surface area is 241 Å². The van der Waals surface area contributed by atoms with Crippen molar-refractivity contribution in [1.29, 1.82) is 0 Å². The van der Waals surface area contributed by atoms with E-state index in [1.165, 1.54) is 4.90 Å². The molecule has 2 aromatic rings. The Kier molecular flexibility index (Phi) is 8.16. The van der Waals surface area contributed by atoms with Crippen molar-refractivity contribution in [1.82, 2.24) is 9.80 Å². The van der Waals surface area contributed by atoms with Crippen LogP contribution in [0.2, 0.25) is 0 Å². The molecule has 2 unspecified atom stereocenters. The van der Waals surface area contributed by atoms with Gasteiger partial charge in [-0.1, -0.05) is 72.8 Å². The molecule has 41 heavy (non-hydrogen) atoms. The molecule has 6 atom stereocenters. The summed E-state index contributed by atoms with van der Waals surface area (Å²) < 4.78 is 12.3. The van der Waals surface area contributed by atoms with Gasteiger partial charge in [0.15, 0.2) is 0 Å². The van der Waals surface area contributed by atoms with E-state index in [0.29, 0.717) is 31.4 Å². The van der Waals surface area contributed by atoms with Crippen LogP contribution in [-0.2, 0) is 30.4 Å². The maximum Gasteiger partial charge on any atom is 0.312 e. The standard InChI is InChI=1S/C33H38N2O6/c1-4-6-20-40-31(39)27-26-29(37)35(25(22-36)24-15-11-8-12-16-24)28(33(26)18-17-32(27,3)41-33)30(38)34(19-5-2)21-23-13-9-7-10-14-23/h4-5,7-16,25-28,36H,1-2,6,17-22H2,3H3/t25-,26+,27-,28?,32+,33?/m1/s1. The van der Waals surface area contributed by atoms with Gasteiger partial charge >= 0.3 is 5.97 Å². The lowest BCUT2D eigenvalue weighted by Crippen LogP contribution is -2.57. The fourth-order valence-electron chi connectivity index (χ4n) is 7.06. The fraction of sp³-hybridized carbons (Fsp3) is 0.424. The molecular weight excluding hydrogens is 520 g/mol. The second-order valence-corrected chi connectivity index (χ2v) is 11.3. The SMILES string of the molecule is C=CCCOC(=O)[C@H]1[C@H]2C(=O)N([C@H](CO)c3ccccc3)C(C(=O)N(CC=C)Cc3ccccc3)C23CC[C@]1(C)O3. The minimum Gasteiger partial charge on any atom is -0.465 e. The third kappa shape index (κ3) is 4.89. The summed E-state index contributed by atoms with van der Waals surface area (Å²) in [4.78, 5) is 45.8. The Morgan fingerprint density at radius 1 is 1.12 bits per heavy atom. The smallest absolute Gasteiger partial charge is 0.312 e. The number of carbonyl (C=O) groups excluding carboxylic acids is 3. The molecule has 2 aromatic carbocycles. The van der Waals surface area contributed by atoms with Crippen molar-refractivity contribution in [3.05, 3.63) is 97.1 Å². The summed E-state index contributed by atoms with van der Waals surface area (Å²) in [6.45, 7) is 9.71. The number of amides is 2. The topological polar surface area (TPSA) is 96.4 Å². The second kappa shape index (κ2) is 11.6. The van der Waals surface area contributed by atoms with E-state index >= 15 is 0 Å². The first-order chi connectivity index (χ1) is 19.8. The van der Waals surface area contributed by atoms with Gasteiger partial charge in [-0.2, -0.15) is 0 Å². The molecule has 216 valence electrons. The molecule has 8 nitrogen and oxygen atoms in total. The molecule has 3 heterocycles. The third-order valence-corrected chi connectivity index (χ3v) is 8.84. The molecule has 1 N–H and O–H groups in total. The van der Waals surface area contributed by atoms with Crippen molar-refractivity contribution in [3.63, 3.8) is 0 Å². The zero-order valence-corrected chi connectivity index (χ0v) is 23.5. The van der Waals surface area contributed by atoms with E-state index in [4.69, 9.17) is 9.47 Å². The summed E-state index contributed by atoms with van der Waals surface area (Å²) in [6.07, 6.45) is 4.75. The van der Waals surface area contributed by atoms with Gasteiger partial charge in [-0.15, -0.1) is 13.2 Å². The number of hydrogen-bond acceptors (Lipinski definition) is 6. The Bertz CT molecular complexity index is 1300. The molecule has 0 aromatic heterocycles. The van der Waals surface area contributed by atoms with Gasteiger partial charge in [-0.25, -0.2) is 0 Å². The monoisotopic (exact) mass is 558 g/mol. The molecular formula is C33H38N2O6. The molecule has 3 aliphatic rings. The van der Waals surface area contributed by atoms with Crippen LogP contribution in [0.3, 0.4) is 0 Å². The fourth-order valence-corrected chi connectivity index (χ4v) is 7.06. The zero-order chi connectivity index (χ0) is 29.2. The van der Waals surface area contributed by atoms with Crippen molar-refractivity contribution in [2.75, 3.05) is 19.8 Å². The maximum atomic E-state index is 14.7. The molecule has 2 bridgehead atoms. The number of nitrogens with zero attached hydrogens (tertiary/aromatic N) is 2. The number of rotatable bonds is 12. The van der Waals surface area contributed by atoms with Crippen LogP contribution in [0.5, 0.6) is 0 Å². The highest BCUT2D eigenvalue weighted by Crippen LogP contribution is 2.64. The Morgan fingerprint density at radius 3 is 2.44 bits per heavy atom. The number of likely N-dealkylation sites (tertiary alicyclic amines) is 1. The first kappa shape index (κ1) is 28.8. The zero-order valence-electron chi connectivity index (χ0n) is 23.5. The molecule has 0 saturated carbocycles. The Hall–Kier alpha value is -3.75. The van der Waals surface area contributed by atoms with E-state index in [2.05, 4.69) is 13.2 Å². The van der Waals surface area contributed by atoms with Gasteiger partial charge in [0, 0.05) is 13.1 Å². The molecule has 1 spiro atoms. The molecule has 2 amide bonds. The van der Waals surface area contributed by atoms with Crippen molar-refractivity contribution in [2.45, 2.75) is 56.0 Å². The van der Waals surface area contributed by atoms with Crippen LogP contribution in [0.25, 0.3) is 0 Å². The van der Waals surface area contributed by atoms with Crippen molar-refractivity contribution >= 4 is 17.8 Å². The van der Waals surface area contributed by atoms with Crippen LogP contribution >= 0.6 is 0 Å². The van der Waals surface area contributed by atoms with Gasteiger partial charge in [0.1, 0.15) is 17.6 Å². The lowest BCUT2D eigenvalue weighted by Gasteiger charge is -2.39. The normalized spacial score (nSPS) is 28.7. The average Bonchev–Trinajstić information content (AvgIpc) is 3.55. The summed E-state index contributed by atoms with van der Waals surface area (Å²) in [5.41, 5.74) is -0.549. The molecule has 3 aliphatic heterocycles. The van der Waals surface area contributed by atoms with Crippen molar-refractivity contribution in [3.8, 4) is 0 Å². The largest absolute Gasteiger partial charge is 0.465 e. The van der Waals surface area contributed by atoms with Crippen LogP contribution in [0.4, 0.5) is 0 Å². The van der Waals surface area contributed by atoms with Gasteiger partial charge in [0.2, 0.25) is 11.8 Å². The average molecular weight is 559 g/mol. The molecule has 8 heteroatoms. The van der Waals surface area contributed by atoms with Crippen molar-refractivity contribution in [2.24, 2.45) is 11.8 Å². The summed E-state index contributed by atoms with van der Waals surface area (Å²) in [6, 6.07) is 16.9. The van der Waals surface area contributed by atoms with Crippen LogP contribution in [0, 0.1) is 11.8 Å². The molecule has 3 fully saturated rings. The van der Waals surface area contributed by atoms with Crippen LogP contribution < -0.4 is 0 Å².